The normalized spacial score (nSPS) is 16.1. The molecule has 1 atom stereocenters. The van der Waals surface area contributed by atoms with Crippen LogP contribution < -0.4 is 0 Å². The Morgan fingerprint density at radius 1 is 1.89 bits per heavy atom. The first-order valence-electron chi connectivity index (χ1n) is 1.83. The predicted octanol–water partition coefficient (Wildman–Crippen LogP) is 0.638. The van der Waals surface area contributed by atoms with Gasteiger partial charge in [-0.15, -0.1) is 15.3 Å². The van der Waals surface area contributed by atoms with Crippen LogP contribution in [0.15, 0.2) is 0 Å². The van der Waals surface area contributed by atoms with E-state index in [9.17, 15) is 8.76 Å². The maximum absolute atomic E-state index is 11.4. The standard InChI is InChI=1S/C3H4FO4P/c1-2-3-7-8-9(4,5)6/h1H,3H2,(H,5,6). The van der Waals surface area contributed by atoms with Gasteiger partial charge in [0.15, 0.2) is 0 Å². The van der Waals surface area contributed by atoms with Gasteiger partial charge in [0.2, 0.25) is 0 Å². The van der Waals surface area contributed by atoms with Crippen LogP contribution in [-0.2, 0) is 14.1 Å². The van der Waals surface area contributed by atoms with Gasteiger partial charge in [0.25, 0.3) is 0 Å². The Morgan fingerprint density at radius 2 is 2.44 bits per heavy atom. The average molecular weight is 154 g/mol. The van der Waals surface area contributed by atoms with Crippen molar-refractivity contribution in [3.8, 4) is 12.3 Å². The molecule has 1 N–H and O–H groups in total. The molecule has 0 aliphatic heterocycles. The number of hydrogen-bond acceptors (Lipinski definition) is 3. The third kappa shape index (κ3) is 7.60. The second-order valence-electron chi connectivity index (χ2n) is 0.992. The second-order valence-corrected chi connectivity index (χ2v) is 2.04. The molecule has 0 amide bonds. The topological polar surface area (TPSA) is 55.8 Å². The van der Waals surface area contributed by atoms with Gasteiger partial charge in [0.1, 0.15) is 6.61 Å². The highest BCUT2D eigenvalue weighted by Gasteiger charge is 2.17. The summed E-state index contributed by atoms with van der Waals surface area (Å²) in [5, 5.41) is 0. The van der Waals surface area contributed by atoms with Gasteiger partial charge in [-0.25, -0.2) is 9.45 Å². The van der Waals surface area contributed by atoms with Crippen molar-refractivity contribution in [1.82, 2.24) is 0 Å². The van der Waals surface area contributed by atoms with Crippen molar-refractivity contribution in [3.63, 3.8) is 0 Å². The van der Waals surface area contributed by atoms with Crippen molar-refractivity contribution in [1.29, 1.82) is 0 Å². The summed E-state index contributed by atoms with van der Waals surface area (Å²) in [5.41, 5.74) is 0. The second kappa shape index (κ2) is 3.59. The van der Waals surface area contributed by atoms with Crippen LogP contribution in [0.3, 0.4) is 0 Å². The lowest BCUT2D eigenvalue weighted by molar-refractivity contribution is -0.206. The highest BCUT2D eigenvalue weighted by atomic mass is 31.2. The maximum atomic E-state index is 11.4. The molecule has 0 heterocycles. The van der Waals surface area contributed by atoms with Crippen LogP contribution in [0.4, 0.5) is 4.20 Å². The van der Waals surface area contributed by atoms with E-state index in [1.54, 1.807) is 0 Å². The molecule has 0 aliphatic rings. The lowest BCUT2D eigenvalue weighted by atomic mass is 10.8. The quantitative estimate of drug-likeness (QED) is 0.213. The van der Waals surface area contributed by atoms with Crippen LogP contribution in [0.1, 0.15) is 0 Å². The molecule has 0 saturated carbocycles. The molecule has 4 nitrogen and oxygen atoms in total. The van der Waals surface area contributed by atoms with Crippen LogP contribution in [-0.4, -0.2) is 11.5 Å². The molecule has 6 heteroatoms. The minimum absolute atomic E-state index is 0.367. The van der Waals surface area contributed by atoms with Crippen molar-refractivity contribution in [3.05, 3.63) is 0 Å². The largest absolute Gasteiger partial charge is 0.537 e. The molecule has 0 radical (unpaired) electrons. The van der Waals surface area contributed by atoms with E-state index < -0.39 is 7.91 Å². The third-order valence-corrected chi connectivity index (χ3v) is 0.576. The summed E-state index contributed by atoms with van der Waals surface area (Å²) in [6.07, 6.45) is 4.61. The number of hydrogen-bond donors (Lipinski definition) is 1. The van der Waals surface area contributed by atoms with Crippen LogP contribution in [0.2, 0.25) is 0 Å². The van der Waals surface area contributed by atoms with E-state index >= 15 is 0 Å². The Morgan fingerprint density at radius 3 is 2.78 bits per heavy atom. The Kier molecular flexibility index (Phi) is 3.43. The van der Waals surface area contributed by atoms with Crippen LogP contribution >= 0.6 is 7.91 Å². The molecule has 52 valence electrons. The SMILES string of the molecule is C#CCOOP(=O)(O)F. The van der Waals surface area contributed by atoms with Crippen molar-refractivity contribution in [2.24, 2.45) is 0 Å². The van der Waals surface area contributed by atoms with Gasteiger partial charge >= 0.3 is 7.91 Å². The monoisotopic (exact) mass is 154 g/mol. The van der Waals surface area contributed by atoms with Crippen LogP contribution in [0.5, 0.6) is 0 Å². The molecule has 0 aromatic heterocycles. The van der Waals surface area contributed by atoms with E-state index in [1.807, 2.05) is 5.92 Å². The maximum Gasteiger partial charge on any atom is 0.537 e. The lowest BCUT2D eigenvalue weighted by Gasteiger charge is -1.96. The van der Waals surface area contributed by atoms with E-state index in [0.29, 0.717) is 0 Å². The molecular formula is C3H4FO4P. The average Bonchev–Trinajstić information content (AvgIpc) is 1.63. The van der Waals surface area contributed by atoms with Gasteiger partial charge < -0.3 is 0 Å². The molecule has 0 aliphatic carbocycles. The molecular weight excluding hydrogens is 150 g/mol. The molecule has 0 rings (SSSR count). The zero-order valence-corrected chi connectivity index (χ0v) is 5.18. The molecule has 0 fully saturated rings. The summed E-state index contributed by atoms with van der Waals surface area (Å²) in [5.74, 6) is 1.89. The third-order valence-electron chi connectivity index (χ3n) is 0.287. The fourth-order valence-corrected chi connectivity index (χ4v) is 0.308. The van der Waals surface area contributed by atoms with Gasteiger partial charge in [0.05, 0.1) is 0 Å². The summed E-state index contributed by atoms with van der Waals surface area (Å²) in [6, 6.07) is 0. The summed E-state index contributed by atoms with van der Waals surface area (Å²) < 4.78 is 24.2. The summed E-state index contributed by atoms with van der Waals surface area (Å²) in [7, 11) is -5.01. The van der Waals surface area contributed by atoms with Gasteiger partial charge in [-0.3, -0.25) is 4.89 Å². The molecule has 1 unspecified atom stereocenters. The van der Waals surface area contributed by atoms with Crippen LogP contribution in [0.25, 0.3) is 0 Å². The molecule has 9 heavy (non-hydrogen) atoms. The van der Waals surface area contributed by atoms with E-state index in [-0.39, 0.29) is 6.61 Å². The first kappa shape index (κ1) is 8.60. The van der Waals surface area contributed by atoms with Gasteiger partial charge in [-0.1, -0.05) is 5.92 Å². The van der Waals surface area contributed by atoms with E-state index in [0.717, 1.165) is 0 Å². The smallest absolute Gasteiger partial charge is 0.298 e. The highest BCUT2D eigenvalue weighted by molar-refractivity contribution is 7.46. The minimum atomic E-state index is -5.01. The van der Waals surface area contributed by atoms with Crippen molar-refractivity contribution < 1.29 is 23.2 Å². The fourth-order valence-electron chi connectivity index (χ4n) is 0.125. The van der Waals surface area contributed by atoms with Crippen LogP contribution in [0, 0.1) is 12.3 Å². The molecule has 0 saturated heterocycles. The Labute approximate surface area is 51.2 Å². The molecule has 0 aromatic rings. The minimum Gasteiger partial charge on any atom is -0.298 e. The van der Waals surface area contributed by atoms with Crippen molar-refractivity contribution >= 4 is 7.91 Å². The predicted molar refractivity (Wildman–Crippen MR) is 26.8 cm³/mol. The fraction of sp³-hybridized carbons (Fsp3) is 0.333. The first-order valence-corrected chi connectivity index (χ1v) is 3.30. The van der Waals surface area contributed by atoms with E-state index in [2.05, 4.69) is 16.0 Å². The number of halogens is 1. The molecule has 0 spiro atoms. The zero-order chi connectivity index (χ0) is 7.33. The van der Waals surface area contributed by atoms with E-state index in [1.165, 1.54) is 0 Å². The summed E-state index contributed by atoms with van der Waals surface area (Å²) in [6.45, 7) is -0.367. The Hall–Kier alpha value is -0.400. The Bertz CT molecular complexity index is 156. The number of rotatable bonds is 3. The zero-order valence-electron chi connectivity index (χ0n) is 4.28. The lowest BCUT2D eigenvalue weighted by Crippen LogP contribution is -1.88. The van der Waals surface area contributed by atoms with Gasteiger partial charge in [0, 0.05) is 0 Å². The van der Waals surface area contributed by atoms with E-state index in [4.69, 9.17) is 4.89 Å². The van der Waals surface area contributed by atoms with Crippen molar-refractivity contribution in [2.45, 2.75) is 0 Å². The number of terminal acetylenes is 1. The summed E-state index contributed by atoms with van der Waals surface area (Å²) >= 11 is 0. The highest BCUT2D eigenvalue weighted by Crippen LogP contribution is 2.43. The first-order chi connectivity index (χ1) is 4.06. The molecule has 0 bridgehead atoms. The summed E-state index contributed by atoms with van der Waals surface area (Å²) in [4.78, 5) is 11.4. The van der Waals surface area contributed by atoms with Crippen molar-refractivity contribution in [2.75, 3.05) is 6.61 Å². The Balaban J connectivity index is 3.32. The van der Waals surface area contributed by atoms with Gasteiger partial charge in [-0.05, 0) is 0 Å². The molecule has 0 aromatic carbocycles. The van der Waals surface area contributed by atoms with Gasteiger partial charge in [-0.2, -0.15) is 0 Å².